The van der Waals surface area contributed by atoms with Crippen LogP contribution < -0.4 is 10.6 Å². The van der Waals surface area contributed by atoms with Crippen LogP contribution in [-0.4, -0.2) is 38.7 Å². The molecule has 0 spiro atoms. The molecule has 0 aliphatic carbocycles. The maximum absolute atomic E-state index is 11.5. The summed E-state index contributed by atoms with van der Waals surface area (Å²) in [6, 6.07) is 4.14. The summed E-state index contributed by atoms with van der Waals surface area (Å²) in [5.74, 6) is 0. The zero-order valence-corrected chi connectivity index (χ0v) is 11.9. The third-order valence-electron chi connectivity index (χ3n) is 3.29. The van der Waals surface area contributed by atoms with E-state index >= 15 is 0 Å². The Morgan fingerprint density at radius 2 is 2.00 bits per heavy atom. The minimum absolute atomic E-state index is 0.0416. The van der Waals surface area contributed by atoms with Gasteiger partial charge < -0.3 is 10.6 Å². The summed E-state index contributed by atoms with van der Waals surface area (Å²) < 4.78 is 22.9. The van der Waals surface area contributed by atoms with Gasteiger partial charge in [-0.3, -0.25) is 10.1 Å². The lowest BCUT2D eigenvalue weighted by molar-refractivity contribution is -0.384. The number of hydrogen-bond acceptors (Lipinski definition) is 6. The van der Waals surface area contributed by atoms with Gasteiger partial charge in [0.25, 0.3) is 5.69 Å². The summed E-state index contributed by atoms with van der Waals surface area (Å²) in [5, 5.41) is 17.4. The van der Waals surface area contributed by atoms with Gasteiger partial charge in [-0.05, 0) is 38.1 Å². The van der Waals surface area contributed by atoms with Gasteiger partial charge >= 0.3 is 0 Å². The maximum atomic E-state index is 11.5. The Bertz CT molecular complexity index is 609. The second-order valence-electron chi connectivity index (χ2n) is 4.88. The van der Waals surface area contributed by atoms with E-state index < -0.39 is 14.8 Å². The molecule has 110 valence electrons. The summed E-state index contributed by atoms with van der Waals surface area (Å²) in [6.45, 7) is 1.74. The van der Waals surface area contributed by atoms with Gasteiger partial charge in [-0.25, -0.2) is 8.42 Å². The van der Waals surface area contributed by atoms with Crippen molar-refractivity contribution in [1.82, 2.24) is 5.32 Å². The highest BCUT2D eigenvalue weighted by molar-refractivity contribution is 7.90. The van der Waals surface area contributed by atoms with E-state index in [1.54, 1.807) is 0 Å². The van der Waals surface area contributed by atoms with Crippen molar-refractivity contribution in [3.63, 3.8) is 0 Å². The van der Waals surface area contributed by atoms with Crippen molar-refractivity contribution in [3.8, 4) is 0 Å². The molecule has 1 aliphatic rings. The first-order chi connectivity index (χ1) is 9.38. The third kappa shape index (κ3) is 3.45. The molecule has 0 saturated carbocycles. The minimum atomic E-state index is -3.45. The molecule has 0 unspecified atom stereocenters. The highest BCUT2D eigenvalue weighted by Crippen LogP contribution is 2.29. The normalized spacial score (nSPS) is 16.9. The van der Waals surface area contributed by atoms with Crippen LogP contribution in [0.3, 0.4) is 0 Å². The fourth-order valence-electron chi connectivity index (χ4n) is 2.20. The second-order valence-corrected chi connectivity index (χ2v) is 6.89. The molecule has 1 aromatic rings. The molecular weight excluding hydrogens is 282 g/mol. The number of rotatable bonds is 4. The van der Waals surface area contributed by atoms with E-state index in [4.69, 9.17) is 0 Å². The Morgan fingerprint density at radius 3 is 2.55 bits per heavy atom. The number of nitro groups is 1. The number of hydrogen-bond donors (Lipinski definition) is 2. The van der Waals surface area contributed by atoms with Crippen molar-refractivity contribution in [3.05, 3.63) is 28.3 Å². The van der Waals surface area contributed by atoms with Crippen molar-refractivity contribution in [2.75, 3.05) is 24.7 Å². The van der Waals surface area contributed by atoms with Crippen LogP contribution in [0, 0.1) is 10.1 Å². The van der Waals surface area contributed by atoms with E-state index in [-0.39, 0.29) is 16.6 Å². The monoisotopic (exact) mass is 299 g/mol. The summed E-state index contributed by atoms with van der Waals surface area (Å²) in [6.07, 6.45) is 2.79. The quantitative estimate of drug-likeness (QED) is 0.639. The third-order valence-corrected chi connectivity index (χ3v) is 4.40. The van der Waals surface area contributed by atoms with Crippen molar-refractivity contribution in [1.29, 1.82) is 0 Å². The summed E-state index contributed by atoms with van der Waals surface area (Å²) in [7, 11) is -3.45. The molecule has 2 N–H and O–H groups in total. The Labute approximate surface area is 117 Å². The zero-order valence-electron chi connectivity index (χ0n) is 11.1. The number of anilines is 1. The van der Waals surface area contributed by atoms with Crippen LogP contribution in [0.2, 0.25) is 0 Å². The van der Waals surface area contributed by atoms with Gasteiger partial charge in [-0.1, -0.05) is 0 Å². The number of nitrogens with one attached hydrogen (secondary N) is 2. The number of piperidine rings is 1. The van der Waals surface area contributed by atoms with Gasteiger partial charge in [0.05, 0.1) is 9.82 Å². The van der Waals surface area contributed by atoms with Gasteiger partial charge in [-0.2, -0.15) is 0 Å². The van der Waals surface area contributed by atoms with Crippen LogP contribution >= 0.6 is 0 Å². The van der Waals surface area contributed by atoms with Crippen molar-refractivity contribution < 1.29 is 13.3 Å². The average molecular weight is 299 g/mol. The van der Waals surface area contributed by atoms with E-state index in [9.17, 15) is 18.5 Å². The number of nitrogens with zero attached hydrogens (tertiary/aromatic N) is 1. The van der Waals surface area contributed by atoms with Crippen LogP contribution in [0.5, 0.6) is 0 Å². The molecule has 20 heavy (non-hydrogen) atoms. The number of sulfone groups is 1. The number of benzene rings is 1. The molecule has 1 fully saturated rings. The smallest absolute Gasteiger partial charge is 0.293 e. The first kappa shape index (κ1) is 14.7. The molecule has 1 aliphatic heterocycles. The van der Waals surface area contributed by atoms with E-state index in [1.807, 2.05) is 0 Å². The van der Waals surface area contributed by atoms with Crippen LogP contribution in [-0.2, 0) is 9.84 Å². The summed E-state index contributed by atoms with van der Waals surface area (Å²) in [4.78, 5) is 10.5. The van der Waals surface area contributed by atoms with Gasteiger partial charge in [0, 0.05) is 18.4 Å². The van der Waals surface area contributed by atoms with Crippen LogP contribution in [0.25, 0.3) is 0 Å². The highest BCUT2D eigenvalue weighted by atomic mass is 32.2. The predicted octanol–water partition coefficient (Wildman–Crippen LogP) is 1.16. The molecule has 0 amide bonds. The fraction of sp³-hybridized carbons (Fsp3) is 0.500. The SMILES string of the molecule is CS(=O)(=O)c1ccc(NC2CCNCC2)c([N+](=O)[O-])c1. The molecule has 0 radical (unpaired) electrons. The molecule has 1 saturated heterocycles. The largest absolute Gasteiger partial charge is 0.377 e. The Balaban J connectivity index is 2.30. The van der Waals surface area contributed by atoms with Gasteiger partial charge in [-0.15, -0.1) is 0 Å². The molecule has 0 atom stereocenters. The zero-order chi connectivity index (χ0) is 14.8. The first-order valence-electron chi connectivity index (χ1n) is 6.33. The molecule has 0 bridgehead atoms. The molecule has 1 heterocycles. The fourth-order valence-corrected chi connectivity index (χ4v) is 2.84. The second kappa shape index (κ2) is 5.76. The highest BCUT2D eigenvalue weighted by Gasteiger charge is 2.21. The lowest BCUT2D eigenvalue weighted by Crippen LogP contribution is -2.35. The van der Waals surface area contributed by atoms with Gasteiger partial charge in [0.15, 0.2) is 9.84 Å². The van der Waals surface area contributed by atoms with Crippen LogP contribution in [0.4, 0.5) is 11.4 Å². The molecule has 1 aromatic carbocycles. The summed E-state index contributed by atoms with van der Waals surface area (Å²) >= 11 is 0. The van der Waals surface area contributed by atoms with Crippen LogP contribution in [0.15, 0.2) is 23.1 Å². The van der Waals surface area contributed by atoms with E-state index in [2.05, 4.69) is 10.6 Å². The van der Waals surface area contributed by atoms with Crippen molar-refractivity contribution >= 4 is 21.2 Å². The lowest BCUT2D eigenvalue weighted by atomic mass is 10.1. The van der Waals surface area contributed by atoms with Crippen LogP contribution in [0.1, 0.15) is 12.8 Å². The topological polar surface area (TPSA) is 101 Å². The average Bonchev–Trinajstić information content (AvgIpc) is 2.38. The standard InChI is InChI=1S/C12H17N3O4S/c1-20(18,19)10-2-3-11(12(8-10)15(16)17)14-9-4-6-13-7-5-9/h2-3,8-9,13-14H,4-7H2,1H3. The molecular formula is C12H17N3O4S. The Hall–Kier alpha value is -1.67. The molecule has 8 heteroatoms. The predicted molar refractivity (Wildman–Crippen MR) is 75.7 cm³/mol. The van der Waals surface area contributed by atoms with Gasteiger partial charge in [0.2, 0.25) is 0 Å². The lowest BCUT2D eigenvalue weighted by Gasteiger charge is -2.24. The van der Waals surface area contributed by atoms with Crippen molar-refractivity contribution in [2.24, 2.45) is 0 Å². The van der Waals surface area contributed by atoms with Gasteiger partial charge in [0.1, 0.15) is 5.69 Å². The minimum Gasteiger partial charge on any atom is -0.377 e. The Morgan fingerprint density at radius 1 is 1.35 bits per heavy atom. The molecule has 0 aromatic heterocycles. The summed E-state index contributed by atoms with van der Waals surface area (Å²) in [5.41, 5.74) is 0.167. The molecule has 2 rings (SSSR count). The van der Waals surface area contributed by atoms with Crippen molar-refractivity contribution in [2.45, 2.75) is 23.8 Å². The van der Waals surface area contributed by atoms with E-state index in [0.717, 1.165) is 38.3 Å². The Kier molecular flexibility index (Phi) is 4.24. The first-order valence-corrected chi connectivity index (χ1v) is 8.23. The van der Waals surface area contributed by atoms with E-state index in [0.29, 0.717) is 5.69 Å². The molecule has 7 nitrogen and oxygen atoms in total. The number of nitro benzene ring substituents is 1. The maximum Gasteiger partial charge on any atom is 0.293 e. The van der Waals surface area contributed by atoms with E-state index in [1.165, 1.54) is 12.1 Å².